The van der Waals surface area contributed by atoms with E-state index in [9.17, 15) is 18.0 Å². The molecule has 2 aromatic rings. The van der Waals surface area contributed by atoms with Crippen LogP contribution >= 0.6 is 0 Å². The van der Waals surface area contributed by atoms with Crippen molar-refractivity contribution in [3.8, 4) is 0 Å². The maximum absolute atomic E-state index is 12.6. The molecule has 2 aromatic heterocycles. The van der Waals surface area contributed by atoms with Crippen molar-refractivity contribution in [2.45, 2.75) is 24.9 Å². The molecule has 1 N–H and O–H groups in total. The highest BCUT2D eigenvalue weighted by molar-refractivity contribution is 6.03. The van der Waals surface area contributed by atoms with Gasteiger partial charge in [0.1, 0.15) is 11.6 Å². The summed E-state index contributed by atoms with van der Waals surface area (Å²) in [5, 5.41) is 5.68. The standard InChI is InChI=1S/C13H12F3N5O/c1-21-10(4-9(20-21)13(14,15)16)19-12(22)8-5-17-11(18-6-8)7-2-3-7/h4-7H,2-3H2,1H3,(H,19,22). The number of aryl methyl sites for hydroxylation is 1. The summed E-state index contributed by atoms with van der Waals surface area (Å²) < 4.78 is 38.6. The summed E-state index contributed by atoms with van der Waals surface area (Å²) in [5.41, 5.74) is -0.884. The van der Waals surface area contributed by atoms with E-state index in [0.717, 1.165) is 23.6 Å². The van der Waals surface area contributed by atoms with Crippen molar-refractivity contribution in [2.24, 2.45) is 7.05 Å². The highest BCUT2D eigenvalue weighted by Gasteiger charge is 2.34. The first-order valence-corrected chi connectivity index (χ1v) is 6.59. The minimum Gasteiger partial charge on any atom is -0.307 e. The number of aromatic nitrogens is 4. The summed E-state index contributed by atoms with van der Waals surface area (Å²) in [7, 11) is 1.32. The Morgan fingerprint density at radius 1 is 1.32 bits per heavy atom. The molecule has 1 aliphatic rings. The van der Waals surface area contributed by atoms with Crippen LogP contribution in [0.4, 0.5) is 19.0 Å². The van der Waals surface area contributed by atoms with Gasteiger partial charge in [0.25, 0.3) is 5.91 Å². The van der Waals surface area contributed by atoms with Crippen LogP contribution in [0.2, 0.25) is 0 Å². The second-order valence-corrected chi connectivity index (χ2v) is 5.09. The zero-order valence-corrected chi connectivity index (χ0v) is 11.6. The second-order valence-electron chi connectivity index (χ2n) is 5.09. The number of nitrogens with zero attached hydrogens (tertiary/aromatic N) is 4. The molecule has 0 aromatic carbocycles. The molecule has 0 unspecified atom stereocenters. The average molecular weight is 311 g/mol. The SMILES string of the molecule is Cn1nc(C(F)(F)F)cc1NC(=O)c1cnc(C2CC2)nc1. The average Bonchev–Trinajstić information content (AvgIpc) is 3.23. The third-order valence-corrected chi connectivity index (χ3v) is 3.29. The number of carbonyl (C=O) groups excluding carboxylic acids is 1. The third-order valence-electron chi connectivity index (χ3n) is 3.29. The molecule has 1 amide bonds. The van der Waals surface area contributed by atoms with E-state index in [1.807, 2.05) is 0 Å². The Morgan fingerprint density at radius 3 is 2.45 bits per heavy atom. The van der Waals surface area contributed by atoms with Gasteiger partial charge in [0.05, 0.1) is 5.56 Å². The lowest BCUT2D eigenvalue weighted by molar-refractivity contribution is -0.141. The number of anilines is 1. The Morgan fingerprint density at radius 2 is 1.95 bits per heavy atom. The van der Waals surface area contributed by atoms with Gasteiger partial charge in [0.15, 0.2) is 5.69 Å². The van der Waals surface area contributed by atoms with E-state index in [-0.39, 0.29) is 11.4 Å². The number of rotatable bonds is 3. The molecule has 1 aliphatic carbocycles. The molecule has 3 rings (SSSR count). The van der Waals surface area contributed by atoms with E-state index in [2.05, 4.69) is 20.4 Å². The first-order chi connectivity index (χ1) is 10.3. The Labute approximate surface area is 123 Å². The molecule has 22 heavy (non-hydrogen) atoms. The molecule has 116 valence electrons. The summed E-state index contributed by atoms with van der Waals surface area (Å²) >= 11 is 0. The first-order valence-electron chi connectivity index (χ1n) is 6.59. The van der Waals surface area contributed by atoms with Crippen molar-refractivity contribution in [2.75, 3.05) is 5.32 Å². The van der Waals surface area contributed by atoms with Crippen molar-refractivity contribution in [3.05, 3.63) is 35.5 Å². The Hall–Kier alpha value is -2.45. The number of amides is 1. The van der Waals surface area contributed by atoms with Gasteiger partial charge in [-0.3, -0.25) is 9.48 Å². The number of hydrogen-bond acceptors (Lipinski definition) is 4. The van der Waals surface area contributed by atoms with E-state index >= 15 is 0 Å². The van der Waals surface area contributed by atoms with Gasteiger partial charge >= 0.3 is 6.18 Å². The molecule has 0 radical (unpaired) electrons. The highest BCUT2D eigenvalue weighted by Crippen LogP contribution is 2.37. The molecule has 0 spiro atoms. The van der Waals surface area contributed by atoms with Crippen molar-refractivity contribution in [1.82, 2.24) is 19.7 Å². The molecular weight excluding hydrogens is 299 g/mol. The molecule has 0 aliphatic heterocycles. The van der Waals surface area contributed by atoms with E-state index in [1.54, 1.807) is 0 Å². The minimum absolute atomic E-state index is 0.0522. The summed E-state index contributed by atoms with van der Waals surface area (Å²) in [6.07, 6.45) is 0.269. The van der Waals surface area contributed by atoms with Gasteiger partial charge in [0.2, 0.25) is 0 Å². The van der Waals surface area contributed by atoms with Gasteiger partial charge in [-0.15, -0.1) is 0 Å². The van der Waals surface area contributed by atoms with Crippen molar-refractivity contribution < 1.29 is 18.0 Å². The second kappa shape index (κ2) is 5.08. The van der Waals surface area contributed by atoms with Crippen molar-refractivity contribution in [3.63, 3.8) is 0 Å². The molecule has 0 saturated heterocycles. The fourth-order valence-corrected chi connectivity index (χ4v) is 1.92. The fraction of sp³-hybridized carbons (Fsp3) is 0.385. The topological polar surface area (TPSA) is 72.7 Å². The van der Waals surface area contributed by atoms with Crippen LogP contribution in [0.25, 0.3) is 0 Å². The normalized spacial score (nSPS) is 14.9. The maximum Gasteiger partial charge on any atom is 0.435 e. The van der Waals surface area contributed by atoms with Crippen LogP contribution in [0.5, 0.6) is 0 Å². The Kier molecular flexibility index (Phi) is 3.34. The van der Waals surface area contributed by atoms with Crippen molar-refractivity contribution >= 4 is 11.7 Å². The molecular formula is C13H12F3N5O. The van der Waals surface area contributed by atoms with Crippen molar-refractivity contribution in [1.29, 1.82) is 0 Å². The molecule has 0 bridgehead atoms. The number of alkyl halides is 3. The number of halogens is 3. The predicted octanol–water partition coefficient (Wildman–Crippen LogP) is 2.36. The van der Waals surface area contributed by atoms with E-state index in [4.69, 9.17) is 0 Å². The van der Waals surface area contributed by atoms with E-state index < -0.39 is 17.8 Å². The summed E-state index contributed by atoms with van der Waals surface area (Å²) in [6, 6.07) is 0.775. The highest BCUT2D eigenvalue weighted by atomic mass is 19.4. The maximum atomic E-state index is 12.6. The zero-order chi connectivity index (χ0) is 15.9. The van der Waals surface area contributed by atoms with Gasteiger partial charge < -0.3 is 5.32 Å². The Balaban J connectivity index is 1.74. The van der Waals surface area contributed by atoms with Gasteiger partial charge in [-0.05, 0) is 12.8 Å². The largest absolute Gasteiger partial charge is 0.435 e. The lowest BCUT2D eigenvalue weighted by Crippen LogP contribution is -2.15. The summed E-state index contributed by atoms with van der Waals surface area (Å²) in [5.74, 6) is 0.419. The van der Waals surface area contributed by atoms with Crippen LogP contribution in [0.3, 0.4) is 0 Å². The van der Waals surface area contributed by atoms with Gasteiger partial charge in [-0.1, -0.05) is 0 Å². The van der Waals surface area contributed by atoms with E-state index in [0.29, 0.717) is 11.7 Å². The van der Waals surface area contributed by atoms with Gasteiger partial charge in [-0.25, -0.2) is 9.97 Å². The van der Waals surface area contributed by atoms with Gasteiger partial charge in [0, 0.05) is 31.4 Å². The van der Waals surface area contributed by atoms with Crippen LogP contribution in [-0.4, -0.2) is 25.7 Å². The lowest BCUT2D eigenvalue weighted by Gasteiger charge is -2.05. The molecule has 2 heterocycles. The number of hydrogen-bond donors (Lipinski definition) is 1. The van der Waals surface area contributed by atoms with E-state index in [1.165, 1.54) is 19.4 Å². The predicted molar refractivity (Wildman–Crippen MR) is 70.2 cm³/mol. The fourth-order valence-electron chi connectivity index (χ4n) is 1.92. The Bertz CT molecular complexity index is 703. The smallest absolute Gasteiger partial charge is 0.307 e. The molecule has 0 atom stereocenters. The lowest BCUT2D eigenvalue weighted by atomic mass is 10.3. The van der Waals surface area contributed by atoms with Crippen LogP contribution in [0, 0.1) is 0 Å². The number of carbonyl (C=O) groups is 1. The quantitative estimate of drug-likeness (QED) is 0.944. The van der Waals surface area contributed by atoms with Gasteiger partial charge in [-0.2, -0.15) is 18.3 Å². The van der Waals surface area contributed by atoms with Crippen LogP contribution in [0.1, 0.15) is 40.6 Å². The van der Waals surface area contributed by atoms with Crippen LogP contribution < -0.4 is 5.32 Å². The first kappa shape index (κ1) is 14.5. The monoisotopic (exact) mass is 311 g/mol. The minimum atomic E-state index is -4.56. The molecule has 9 heteroatoms. The number of nitrogens with one attached hydrogen (secondary N) is 1. The third kappa shape index (κ3) is 2.92. The molecule has 1 fully saturated rings. The molecule has 1 saturated carbocycles. The summed E-state index contributed by atoms with van der Waals surface area (Å²) in [4.78, 5) is 20.2. The molecule has 6 nitrogen and oxygen atoms in total. The van der Waals surface area contributed by atoms with Crippen LogP contribution in [-0.2, 0) is 13.2 Å². The van der Waals surface area contributed by atoms with Crippen LogP contribution in [0.15, 0.2) is 18.5 Å². The zero-order valence-electron chi connectivity index (χ0n) is 11.6. The summed E-state index contributed by atoms with van der Waals surface area (Å²) in [6.45, 7) is 0.